The molecule has 0 unspecified atom stereocenters. The molecular formula is C22H23ClFN5O4S. The van der Waals surface area contributed by atoms with E-state index in [-0.39, 0.29) is 38.4 Å². The van der Waals surface area contributed by atoms with Gasteiger partial charge in [0.1, 0.15) is 11.2 Å². The van der Waals surface area contributed by atoms with Crippen molar-refractivity contribution >= 4 is 45.4 Å². The Bertz CT molecular complexity index is 1370. The van der Waals surface area contributed by atoms with Crippen LogP contribution in [0.25, 0.3) is 10.9 Å². The number of likely N-dealkylation sites (N-methyl/N-ethyl adjacent to an activating group) is 1. The molecule has 0 radical (unpaired) electrons. The minimum absolute atomic E-state index is 0.0117. The average Bonchev–Trinajstić information content (AvgIpc) is 3.10. The summed E-state index contributed by atoms with van der Waals surface area (Å²) in [7, 11) is 1.61. The molecule has 1 aliphatic heterocycles. The Morgan fingerprint density at radius 2 is 1.97 bits per heavy atom. The van der Waals surface area contributed by atoms with Crippen molar-refractivity contribution in [3.05, 3.63) is 50.7 Å². The summed E-state index contributed by atoms with van der Waals surface area (Å²) < 4.78 is 16.2. The maximum atomic E-state index is 13.6. The second-order valence-corrected chi connectivity index (χ2v) is 9.20. The first-order valence-electron chi connectivity index (χ1n) is 10.7. The molecule has 0 saturated heterocycles. The Hall–Kier alpha value is -3.05. The first-order chi connectivity index (χ1) is 16.2. The van der Waals surface area contributed by atoms with E-state index in [0.29, 0.717) is 31.7 Å². The first-order valence-corrected chi connectivity index (χ1v) is 11.9. The molecule has 9 nitrogen and oxygen atoms in total. The van der Waals surface area contributed by atoms with E-state index in [1.807, 2.05) is 13.8 Å². The topological polar surface area (TPSA) is 101 Å². The smallest absolute Gasteiger partial charge is 0.288 e. The van der Waals surface area contributed by atoms with E-state index >= 15 is 0 Å². The molecule has 4 rings (SSSR count). The summed E-state index contributed by atoms with van der Waals surface area (Å²) in [4.78, 5) is 42.1. The van der Waals surface area contributed by atoms with Gasteiger partial charge in [-0.2, -0.15) is 5.10 Å². The van der Waals surface area contributed by atoms with Crippen molar-refractivity contribution in [1.29, 1.82) is 0 Å². The molecule has 0 aliphatic carbocycles. The lowest BCUT2D eigenvalue weighted by Gasteiger charge is -2.25. The molecule has 12 heteroatoms. The van der Waals surface area contributed by atoms with Gasteiger partial charge in [-0.25, -0.2) is 9.07 Å². The highest BCUT2D eigenvalue weighted by Crippen LogP contribution is 2.37. The fourth-order valence-corrected chi connectivity index (χ4v) is 5.15. The fourth-order valence-electron chi connectivity index (χ4n) is 3.95. The summed E-state index contributed by atoms with van der Waals surface area (Å²) in [5, 5.41) is 15.1. The number of aromatic nitrogens is 3. The van der Waals surface area contributed by atoms with Crippen molar-refractivity contribution in [2.24, 2.45) is 0 Å². The zero-order chi connectivity index (χ0) is 24.7. The normalized spacial score (nSPS) is 13.4. The van der Waals surface area contributed by atoms with E-state index in [1.54, 1.807) is 16.5 Å². The molecule has 0 saturated carbocycles. The molecule has 1 aromatic carbocycles. The highest BCUT2D eigenvalue weighted by Gasteiger charge is 2.33. The SMILES string of the molecule is CCN(CC)C(=O)Sc1nn(Cc2ccc(F)c(Cl)c2)c(=O)c2c(O)c3n(c12)CCN(C)C3=O. The number of halogens is 2. The number of rotatable bonds is 5. The zero-order valence-electron chi connectivity index (χ0n) is 18.8. The predicted molar refractivity (Wildman–Crippen MR) is 127 cm³/mol. The molecule has 1 N–H and O–H groups in total. The number of benzene rings is 1. The van der Waals surface area contributed by atoms with Gasteiger partial charge in [0.05, 0.1) is 17.1 Å². The molecule has 2 amide bonds. The Labute approximate surface area is 203 Å². The summed E-state index contributed by atoms with van der Waals surface area (Å²) >= 11 is 6.71. The van der Waals surface area contributed by atoms with E-state index in [9.17, 15) is 23.9 Å². The van der Waals surface area contributed by atoms with Crippen LogP contribution in [-0.4, -0.2) is 67.1 Å². The van der Waals surface area contributed by atoms with E-state index in [4.69, 9.17) is 11.6 Å². The minimum atomic E-state index is -0.634. The lowest BCUT2D eigenvalue weighted by atomic mass is 10.2. The zero-order valence-corrected chi connectivity index (χ0v) is 20.4. The van der Waals surface area contributed by atoms with Gasteiger partial charge in [0.15, 0.2) is 16.5 Å². The van der Waals surface area contributed by atoms with Crippen molar-refractivity contribution in [1.82, 2.24) is 24.1 Å². The lowest BCUT2D eigenvalue weighted by molar-refractivity contribution is 0.0747. The van der Waals surface area contributed by atoms with E-state index in [1.165, 1.54) is 23.1 Å². The third-order valence-electron chi connectivity index (χ3n) is 5.83. The molecule has 0 spiro atoms. The molecular weight excluding hydrogens is 485 g/mol. The van der Waals surface area contributed by atoms with Crippen molar-refractivity contribution < 1.29 is 19.1 Å². The van der Waals surface area contributed by atoms with Crippen LogP contribution in [0, 0.1) is 5.82 Å². The molecule has 34 heavy (non-hydrogen) atoms. The van der Waals surface area contributed by atoms with Gasteiger partial charge in [0, 0.05) is 33.2 Å². The van der Waals surface area contributed by atoms with Crippen LogP contribution in [0.4, 0.5) is 9.18 Å². The molecule has 180 valence electrons. The number of hydrogen-bond donors (Lipinski definition) is 1. The van der Waals surface area contributed by atoms with Gasteiger partial charge < -0.3 is 19.5 Å². The highest BCUT2D eigenvalue weighted by molar-refractivity contribution is 8.13. The van der Waals surface area contributed by atoms with Gasteiger partial charge in [-0.3, -0.25) is 14.4 Å². The minimum Gasteiger partial charge on any atom is -0.505 e. The molecule has 0 fully saturated rings. The lowest BCUT2D eigenvalue weighted by Crippen LogP contribution is -2.37. The standard InChI is InChI=1S/C22H23ClFN5O4S/c1-4-27(5-2)22(33)34-19-16-15(18(30)17-21(32)26(3)8-9-28(16)17)20(31)29(25-19)11-12-6-7-14(24)13(23)10-12/h6-7,10,30H,4-5,8-9,11H2,1-3H3. The molecule has 0 bridgehead atoms. The number of carbonyl (C=O) groups is 2. The third-order valence-corrected chi connectivity index (χ3v) is 7.02. The first kappa shape index (κ1) is 24.1. The van der Waals surface area contributed by atoms with Crippen molar-refractivity contribution in [2.45, 2.75) is 32.0 Å². The molecule has 0 atom stereocenters. The number of aromatic hydroxyl groups is 1. The highest BCUT2D eigenvalue weighted by atomic mass is 35.5. The van der Waals surface area contributed by atoms with E-state index in [0.717, 1.165) is 16.4 Å². The van der Waals surface area contributed by atoms with Crippen molar-refractivity contribution in [3.63, 3.8) is 0 Å². The number of amides is 2. The Morgan fingerprint density at radius 3 is 2.62 bits per heavy atom. The predicted octanol–water partition coefficient (Wildman–Crippen LogP) is 3.38. The van der Waals surface area contributed by atoms with Gasteiger partial charge >= 0.3 is 0 Å². The van der Waals surface area contributed by atoms with Crippen LogP contribution in [-0.2, 0) is 13.1 Å². The molecule has 3 heterocycles. The quantitative estimate of drug-likeness (QED) is 0.531. The third kappa shape index (κ3) is 4.03. The number of carbonyl (C=O) groups excluding carboxylic acids is 2. The summed E-state index contributed by atoms with van der Waals surface area (Å²) in [6.07, 6.45) is 0. The van der Waals surface area contributed by atoms with Crippen molar-refractivity contribution in [3.8, 4) is 5.75 Å². The maximum Gasteiger partial charge on any atom is 0.288 e. The number of fused-ring (bicyclic) bond motifs is 3. The van der Waals surface area contributed by atoms with Gasteiger partial charge in [-0.1, -0.05) is 17.7 Å². The van der Waals surface area contributed by atoms with Crippen LogP contribution in [0.3, 0.4) is 0 Å². The summed E-state index contributed by atoms with van der Waals surface area (Å²) in [5.74, 6) is -1.47. The van der Waals surface area contributed by atoms with Crippen LogP contribution in [0.2, 0.25) is 5.02 Å². The van der Waals surface area contributed by atoms with E-state index in [2.05, 4.69) is 5.10 Å². The summed E-state index contributed by atoms with van der Waals surface area (Å²) in [5.41, 5.74) is 0.107. The molecule has 2 aromatic heterocycles. The van der Waals surface area contributed by atoms with Crippen LogP contribution in [0.5, 0.6) is 5.75 Å². The summed E-state index contributed by atoms with van der Waals surface area (Å²) in [6.45, 7) is 5.31. The van der Waals surface area contributed by atoms with Gasteiger partial charge in [0.2, 0.25) is 0 Å². The van der Waals surface area contributed by atoms with Gasteiger partial charge in [-0.15, -0.1) is 0 Å². The number of thioether (sulfide) groups is 1. The van der Waals surface area contributed by atoms with Gasteiger partial charge in [-0.05, 0) is 43.3 Å². The van der Waals surface area contributed by atoms with Crippen LogP contribution < -0.4 is 5.56 Å². The maximum absolute atomic E-state index is 13.6. The second-order valence-electron chi connectivity index (χ2n) is 7.86. The van der Waals surface area contributed by atoms with Crippen LogP contribution in [0.15, 0.2) is 28.0 Å². The van der Waals surface area contributed by atoms with Crippen LogP contribution in [0.1, 0.15) is 29.9 Å². The Morgan fingerprint density at radius 1 is 1.26 bits per heavy atom. The largest absolute Gasteiger partial charge is 0.505 e. The molecule has 1 aliphatic rings. The molecule has 3 aromatic rings. The fraction of sp³-hybridized carbons (Fsp3) is 0.364. The summed E-state index contributed by atoms with van der Waals surface area (Å²) in [6, 6.07) is 4.03. The number of hydrogen-bond acceptors (Lipinski definition) is 6. The Balaban J connectivity index is 1.93. The van der Waals surface area contributed by atoms with Gasteiger partial charge in [0.25, 0.3) is 16.7 Å². The van der Waals surface area contributed by atoms with E-state index < -0.39 is 23.0 Å². The second kappa shape index (κ2) is 9.30. The van der Waals surface area contributed by atoms with Crippen LogP contribution >= 0.6 is 23.4 Å². The monoisotopic (exact) mass is 507 g/mol. The average molecular weight is 508 g/mol. The number of nitrogens with zero attached hydrogens (tertiary/aromatic N) is 5. The van der Waals surface area contributed by atoms with Crippen molar-refractivity contribution in [2.75, 3.05) is 26.7 Å². The Kier molecular flexibility index (Phi) is 6.59.